The Morgan fingerprint density at radius 1 is 1.15 bits per heavy atom. The Hall–Kier alpha value is -1.05. The normalized spacial score (nSPS) is 20.9. The van der Waals surface area contributed by atoms with Gasteiger partial charge in [0.2, 0.25) is 10.0 Å². The van der Waals surface area contributed by atoms with Crippen LogP contribution in [0.5, 0.6) is 0 Å². The van der Waals surface area contributed by atoms with E-state index in [9.17, 15) is 13.2 Å². The zero-order chi connectivity index (χ0) is 19.2. The van der Waals surface area contributed by atoms with Gasteiger partial charge in [-0.15, -0.1) is 11.8 Å². The van der Waals surface area contributed by atoms with Crippen molar-refractivity contribution in [3.63, 3.8) is 0 Å². The zero-order valence-electron chi connectivity index (χ0n) is 15.8. The predicted molar refractivity (Wildman–Crippen MR) is 105 cm³/mol. The van der Waals surface area contributed by atoms with Crippen LogP contribution >= 0.6 is 11.8 Å². The van der Waals surface area contributed by atoms with Crippen LogP contribution in [0.15, 0.2) is 34.1 Å². The highest BCUT2D eigenvalue weighted by atomic mass is 32.2. The quantitative estimate of drug-likeness (QED) is 0.620. The van der Waals surface area contributed by atoms with Crippen LogP contribution in [0.4, 0.5) is 0 Å². The summed E-state index contributed by atoms with van der Waals surface area (Å²) in [5.41, 5.74) is 0. The number of carbonyl (C=O) groups is 1. The summed E-state index contributed by atoms with van der Waals surface area (Å²) in [5.74, 6) is -0.0954. The Morgan fingerprint density at radius 2 is 1.81 bits per heavy atom. The first-order chi connectivity index (χ1) is 12.4. The Labute approximate surface area is 161 Å². The second-order valence-corrected chi connectivity index (χ2v) is 9.73. The average Bonchev–Trinajstić information content (AvgIpc) is 2.63. The lowest BCUT2D eigenvalue weighted by atomic mass is 9.89. The van der Waals surface area contributed by atoms with Gasteiger partial charge in [0.15, 0.2) is 0 Å². The van der Waals surface area contributed by atoms with E-state index in [1.807, 2.05) is 32.9 Å². The molecule has 1 fully saturated rings. The van der Waals surface area contributed by atoms with E-state index in [1.165, 1.54) is 4.31 Å². The van der Waals surface area contributed by atoms with Crippen molar-refractivity contribution in [1.82, 2.24) is 4.31 Å². The highest BCUT2D eigenvalue weighted by molar-refractivity contribution is 8.00. The van der Waals surface area contributed by atoms with Crippen LogP contribution in [-0.2, 0) is 19.6 Å². The summed E-state index contributed by atoms with van der Waals surface area (Å²) < 4.78 is 31.7. The van der Waals surface area contributed by atoms with Crippen molar-refractivity contribution in [2.75, 3.05) is 19.7 Å². The zero-order valence-corrected chi connectivity index (χ0v) is 17.4. The molecule has 26 heavy (non-hydrogen) atoms. The van der Waals surface area contributed by atoms with Gasteiger partial charge in [-0.05, 0) is 50.5 Å². The van der Waals surface area contributed by atoms with Gasteiger partial charge >= 0.3 is 5.97 Å². The van der Waals surface area contributed by atoms with Crippen LogP contribution in [0.2, 0.25) is 0 Å². The SMILES string of the molecule is CCOC(=O)C1CCCC(Sc2ccc(S(=O)(=O)N(CC)CC)cc2)C1. The Bertz CT molecular complexity index is 684. The molecule has 146 valence electrons. The second-order valence-electron chi connectivity index (χ2n) is 6.42. The van der Waals surface area contributed by atoms with E-state index in [1.54, 1.807) is 23.9 Å². The van der Waals surface area contributed by atoms with Crippen molar-refractivity contribution in [2.45, 2.75) is 61.5 Å². The number of ether oxygens (including phenoxy) is 1. The third-order valence-electron chi connectivity index (χ3n) is 4.72. The number of rotatable bonds is 8. The third-order valence-corrected chi connectivity index (χ3v) is 8.09. The summed E-state index contributed by atoms with van der Waals surface area (Å²) in [5, 5.41) is 0.364. The molecular formula is C19H29NO4S2. The minimum absolute atomic E-state index is 0.0106. The van der Waals surface area contributed by atoms with E-state index in [2.05, 4.69) is 0 Å². The Morgan fingerprint density at radius 3 is 2.38 bits per heavy atom. The molecule has 0 aliphatic heterocycles. The molecule has 1 aliphatic carbocycles. The van der Waals surface area contributed by atoms with Crippen LogP contribution in [0.1, 0.15) is 46.5 Å². The van der Waals surface area contributed by atoms with E-state index in [4.69, 9.17) is 4.74 Å². The van der Waals surface area contributed by atoms with Gasteiger partial charge in [-0.1, -0.05) is 20.3 Å². The molecule has 2 unspecified atom stereocenters. The van der Waals surface area contributed by atoms with Gasteiger partial charge in [-0.25, -0.2) is 8.42 Å². The molecule has 2 rings (SSSR count). The molecule has 1 aliphatic rings. The summed E-state index contributed by atoms with van der Waals surface area (Å²) in [4.78, 5) is 13.3. The maximum absolute atomic E-state index is 12.5. The smallest absolute Gasteiger partial charge is 0.308 e. The Kier molecular flexibility index (Phi) is 7.98. The largest absolute Gasteiger partial charge is 0.466 e. The number of thioether (sulfide) groups is 1. The summed E-state index contributed by atoms with van der Waals surface area (Å²) >= 11 is 1.73. The summed E-state index contributed by atoms with van der Waals surface area (Å²) in [7, 11) is -3.41. The van der Waals surface area contributed by atoms with E-state index in [0.29, 0.717) is 29.8 Å². The summed E-state index contributed by atoms with van der Waals surface area (Å²) in [6, 6.07) is 7.10. The fourth-order valence-corrected chi connectivity index (χ4v) is 6.07. The van der Waals surface area contributed by atoms with Crippen molar-refractivity contribution < 1.29 is 17.9 Å². The third kappa shape index (κ3) is 5.24. The van der Waals surface area contributed by atoms with Gasteiger partial charge in [0.05, 0.1) is 17.4 Å². The van der Waals surface area contributed by atoms with Gasteiger partial charge in [0, 0.05) is 23.2 Å². The molecule has 0 heterocycles. The molecule has 5 nitrogen and oxygen atoms in total. The van der Waals surface area contributed by atoms with E-state index >= 15 is 0 Å². The fraction of sp³-hybridized carbons (Fsp3) is 0.632. The van der Waals surface area contributed by atoms with Crippen molar-refractivity contribution in [2.24, 2.45) is 5.92 Å². The first kappa shape index (κ1) is 21.3. The lowest BCUT2D eigenvalue weighted by molar-refractivity contribution is -0.149. The lowest BCUT2D eigenvalue weighted by Gasteiger charge is -2.27. The minimum Gasteiger partial charge on any atom is -0.466 e. The molecule has 7 heteroatoms. The average molecular weight is 400 g/mol. The first-order valence-electron chi connectivity index (χ1n) is 9.35. The number of nitrogens with zero attached hydrogens (tertiary/aromatic N) is 1. The van der Waals surface area contributed by atoms with Crippen LogP contribution < -0.4 is 0 Å². The highest BCUT2D eigenvalue weighted by Crippen LogP contribution is 2.37. The number of sulfonamides is 1. The number of hydrogen-bond donors (Lipinski definition) is 0. The minimum atomic E-state index is -3.41. The monoisotopic (exact) mass is 399 g/mol. The van der Waals surface area contributed by atoms with Crippen LogP contribution in [0.3, 0.4) is 0 Å². The molecule has 1 aromatic carbocycles. The van der Waals surface area contributed by atoms with Crippen molar-refractivity contribution in [3.8, 4) is 0 Å². The van der Waals surface area contributed by atoms with E-state index < -0.39 is 10.0 Å². The maximum Gasteiger partial charge on any atom is 0.308 e. The molecule has 0 amide bonds. The number of benzene rings is 1. The molecule has 0 aromatic heterocycles. The second kappa shape index (κ2) is 9.76. The van der Waals surface area contributed by atoms with Gasteiger partial charge in [-0.3, -0.25) is 4.79 Å². The molecule has 0 spiro atoms. The fourth-order valence-electron chi connectivity index (χ4n) is 3.32. The summed E-state index contributed by atoms with van der Waals surface area (Å²) in [6.45, 7) is 6.87. The molecule has 2 atom stereocenters. The molecule has 0 N–H and O–H groups in total. The van der Waals surface area contributed by atoms with Crippen LogP contribution in [-0.4, -0.2) is 43.6 Å². The number of hydrogen-bond acceptors (Lipinski definition) is 5. The number of esters is 1. The Balaban J connectivity index is 2.02. The summed E-state index contributed by atoms with van der Waals surface area (Å²) in [6.07, 6.45) is 3.82. The van der Waals surface area contributed by atoms with Gasteiger partial charge in [0.1, 0.15) is 0 Å². The van der Waals surface area contributed by atoms with Crippen LogP contribution in [0.25, 0.3) is 0 Å². The highest BCUT2D eigenvalue weighted by Gasteiger charge is 2.29. The van der Waals surface area contributed by atoms with Gasteiger partial charge in [0.25, 0.3) is 0 Å². The lowest BCUT2D eigenvalue weighted by Crippen LogP contribution is -2.30. The van der Waals surface area contributed by atoms with Gasteiger partial charge in [-0.2, -0.15) is 4.31 Å². The van der Waals surface area contributed by atoms with Crippen molar-refractivity contribution >= 4 is 27.8 Å². The molecule has 0 saturated heterocycles. The standard InChI is InChI=1S/C19H29NO4S2/c1-4-20(5-2)26(22,23)18-12-10-16(11-13-18)25-17-9-7-8-15(14-17)19(21)24-6-3/h10-13,15,17H,4-9,14H2,1-3H3. The van der Waals surface area contributed by atoms with Crippen molar-refractivity contribution in [3.05, 3.63) is 24.3 Å². The molecule has 0 radical (unpaired) electrons. The van der Waals surface area contributed by atoms with E-state index in [0.717, 1.165) is 30.6 Å². The van der Waals surface area contributed by atoms with Crippen molar-refractivity contribution in [1.29, 1.82) is 0 Å². The van der Waals surface area contributed by atoms with Gasteiger partial charge < -0.3 is 4.74 Å². The maximum atomic E-state index is 12.5. The predicted octanol–water partition coefficient (Wildman–Crippen LogP) is 3.93. The first-order valence-corrected chi connectivity index (χ1v) is 11.7. The van der Waals surface area contributed by atoms with E-state index in [-0.39, 0.29) is 11.9 Å². The topological polar surface area (TPSA) is 63.7 Å². The van der Waals surface area contributed by atoms with Crippen LogP contribution in [0, 0.1) is 5.92 Å². The molecule has 1 aromatic rings. The molecular weight excluding hydrogens is 370 g/mol. The number of carbonyl (C=O) groups excluding carboxylic acids is 1. The molecule has 0 bridgehead atoms. The molecule has 1 saturated carbocycles.